The SMILES string of the molecule is CCCS(=O)(=O)NCC(N)C(F)(F)F. The van der Waals surface area contributed by atoms with Gasteiger partial charge in [0, 0.05) is 6.54 Å². The van der Waals surface area contributed by atoms with Gasteiger partial charge in [0.2, 0.25) is 10.0 Å². The van der Waals surface area contributed by atoms with Gasteiger partial charge in [0.15, 0.2) is 0 Å². The molecule has 0 saturated heterocycles. The number of nitrogens with two attached hydrogens (primary N) is 1. The molecule has 8 heteroatoms. The summed E-state index contributed by atoms with van der Waals surface area (Å²) >= 11 is 0. The first-order valence-electron chi connectivity index (χ1n) is 3.98. The van der Waals surface area contributed by atoms with Crippen LogP contribution in [0.1, 0.15) is 13.3 Å². The van der Waals surface area contributed by atoms with Crippen molar-refractivity contribution in [3.8, 4) is 0 Å². The Balaban J connectivity index is 4.07. The maximum atomic E-state index is 11.9. The Morgan fingerprint density at radius 3 is 2.29 bits per heavy atom. The summed E-state index contributed by atoms with van der Waals surface area (Å²) in [6.45, 7) is 0.800. The first-order chi connectivity index (χ1) is 6.19. The first kappa shape index (κ1) is 13.7. The highest BCUT2D eigenvalue weighted by Gasteiger charge is 2.36. The van der Waals surface area contributed by atoms with Crippen molar-refractivity contribution in [3.05, 3.63) is 0 Å². The van der Waals surface area contributed by atoms with Crippen LogP contribution in [0.25, 0.3) is 0 Å². The van der Waals surface area contributed by atoms with Crippen LogP contribution in [0.15, 0.2) is 0 Å². The molecule has 3 N–H and O–H groups in total. The molecule has 0 aliphatic carbocycles. The predicted octanol–water partition coefficient (Wildman–Crippen LogP) is 0.205. The minimum atomic E-state index is -4.57. The lowest BCUT2D eigenvalue weighted by Gasteiger charge is -2.15. The normalized spacial score (nSPS) is 15.5. The van der Waals surface area contributed by atoms with Gasteiger partial charge in [0.1, 0.15) is 6.04 Å². The molecule has 0 amide bonds. The van der Waals surface area contributed by atoms with Crippen LogP contribution < -0.4 is 10.5 Å². The monoisotopic (exact) mass is 234 g/mol. The Morgan fingerprint density at radius 2 is 1.93 bits per heavy atom. The fourth-order valence-electron chi connectivity index (χ4n) is 0.673. The molecule has 0 spiro atoms. The van der Waals surface area contributed by atoms with E-state index in [4.69, 9.17) is 5.73 Å². The Kier molecular flexibility index (Phi) is 4.82. The number of nitrogens with one attached hydrogen (secondary N) is 1. The molecular weight excluding hydrogens is 221 g/mol. The van der Waals surface area contributed by atoms with Crippen LogP contribution in [0.4, 0.5) is 13.2 Å². The number of hydrogen-bond acceptors (Lipinski definition) is 3. The van der Waals surface area contributed by atoms with Crippen molar-refractivity contribution in [1.29, 1.82) is 0 Å². The molecule has 0 aromatic carbocycles. The van der Waals surface area contributed by atoms with E-state index in [0.29, 0.717) is 6.42 Å². The minimum Gasteiger partial charge on any atom is -0.319 e. The number of alkyl halides is 3. The van der Waals surface area contributed by atoms with Crippen molar-refractivity contribution < 1.29 is 21.6 Å². The van der Waals surface area contributed by atoms with Gasteiger partial charge < -0.3 is 5.73 Å². The van der Waals surface area contributed by atoms with Crippen LogP contribution >= 0.6 is 0 Å². The average molecular weight is 234 g/mol. The van der Waals surface area contributed by atoms with Crippen LogP contribution in [0.2, 0.25) is 0 Å². The number of rotatable bonds is 5. The van der Waals surface area contributed by atoms with Gasteiger partial charge >= 0.3 is 6.18 Å². The molecule has 0 radical (unpaired) electrons. The van der Waals surface area contributed by atoms with Gasteiger partial charge in [-0.3, -0.25) is 0 Å². The van der Waals surface area contributed by atoms with Crippen molar-refractivity contribution in [1.82, 2.24) is 4.72 Å². The summed E-state index contributed by atoms with van der Waals surface area (Å²) in [6.07, 6.45) is -4.23. The van der Waals surface area contributed by atoms with Gasteiger partial charge in [-0.2, -0.15) is 13.2 Å². The summed E-state index contributed by atoms with van der Waals surface area (Å²) in [4.78, 5) is 0. The minimum absolute atomic E-state index is 0.197. The third-order valence-electron chi connectivity index (χ3n) is 1.42. The molecule has 0 fully saturated rings. The maximum Gasteiger partial charge on any atom is 0.404 e. The average Bonchev–Trinajstić information content (AvgIpc) is 1.98. The van der Waals surface area contributed by atoms with E-state index in [2.05, 4.69) is 0 Å². The summed E-state index contributed by atoms with van der Waals surface area (Å²) in [7, 11) is -3.62. The highest BCUT2D eigenvalue weighted by Crippen LogP contribution is 2.17. The van der Waals surface area contributed by atoms with Gasteiger partial charge in [0.05, 0.1) is 5.75 Å². The number of sulfonamides is 1. The lowest BCUT2D eigenvalue weighted by molar-refractivity contribution is -0.145. The fraction of sp³-hybridized carbons (Fsp3) is 1.00. The standard InChI is InChI=1S/C6H13F3N2O2S/c1-2-3-14(12,13)11-4-5(10)6(7,8)9/h5,11H,2-4,10H2,1H3. The smallest absolute Gasteiger partial charge is 0.319 e. The van der Waals surface area contributed by atoms with E-state index in [1.165, 1.54) is 0 Å². The highest BCUT2D eigenvalue weighted by molar-refractivity contribution is 7.89. The summed E-state index contributed by atoms with van der Waals surface area (Å²) < 4.78 is 59.2. The number of halogens is 3. The van der Waals surface area contributed by atoms with Gasteiger partial charge in [-0.25, -0.2) is 13.1 Å². The number of hydrogen-bond donors (Lipinski definition) is 2. The van der Waals surface area contributed by atoms with E-state index in [0.717, 1.165) is 0 Å². The van der Waals surface area contributed by atoms with Gasteiger partial charge in [0.25, 0.3) is 0 Å². The highest BCUT2D eigenvalue weighted by atomic mass is 32.2. The lowest BCUT2D eigenvalue weighted by Crippen LogP contribution is -2.47. The molecule has 0 aliphatic heterocycles. The first-order valence-corrected chi connectivity index (χ1v) is 5.64. The zero-order chi connectivity index (χ0) is 11.4. The van der Waals surface area contributed by atoms with Crippen LogP contribution in [0, 0.1) is 0 Å². The Labute approximate surface area is 80.7 Å². The molecule has 1 atom stereocenters. The van der Waals surface area contributed by atoms with E-state index in [1.54, 1.807) is 11.6 Å². The van der Waals surface area contributed by atoms with Crippen molar-refractivity contribution in [3.63, 3.8) is 0 Å². The van der Waals surface area contributed by atoms with Crippen LogP contribution in [0.3, 0.4) is 0 Å². The second kappa shape index (κ2) is 4.94. The molecule has 0 saturated carbocycles. The summed E-state index contributed by atoms with van der Waals surface area (Å²) in [5.41, 5.74) is 4.70. The molecule has 1 unspecified atom stereocenters. The molecule has 0 rings (SSSR count). The predicted molar refractivity (Wildman–Crippen MR) is 46.1 cm³/mol. The van der Waals surface area contributed by atoms with Gasteiger partial charge in [-0.1, -0.05) is 6.92 Å². The second-order valence-electron chi connectivity index (χ2n) is 2.82. The third kappa shape index (κ3) is 5.40. The molecule has 0 bridgehead atoms. The molecule has 0 heterocycles. The van der Waals surface area contributed by atoms with E-state index < -0.39 is 28.8 Å². The molecule has 0 aromatic rings. The molecule has 0 aliphatic rings. The maximum absolute atomic E-state index is 11.9. The molecule has 14 heavy (non-hydrogen) atoms. The zero-order valence-electron chi connectivity index (χ0n) is 7.63. The van der Waals surface area contributed by atoms with Crippen LogP contribution in [-0.4, -0.2) is 32.9 Å². The lowest BCUT2D eigenvalue weighted by atomic mass is 10.3. The second-order valence-corrected chi connectivity index (χ2v) is 4.74. The van der Waals surface area contributed by atoms with E-state index in [9.17, 15) is 21.6 Å². The summed E-state index contributed by atoms with van der Waals surface area (Å²) in [6, 6.07) is -2.16. The summed E-state index contributed by atoms with van der Waals surface area (Å²) in [5, 5.41) is 0. The van der Waals surface area contributed by atoms with Crippen molar-refractivity contribution in [2.75, 3.05) is 12.3 Å². The van der Waals surface area contributed by atoms with Crippen molar-refractivity contribution in [2.45, 2.75) is 25.6 Å². The van der Waals surface area contributed by atoms with E-state index >= 15 is 0 Å². The van der Waals surface area contributed by atoms with Gasteiger partial charge in [-0.15, -0.1) is 0 Å². The van der Waals surface area contributed by atoms with E-state index in [-0.39, 0.29) is 5.75 Å². The van der Waals surface area contributed by atoms with Crippen molar-refractivity contribution in [2.24, 2.45) is 5.73 Å². The topological polar surface area (TPSA) is 72.2 Å². The Bertz CT molecular complexity index is 263. The largest absolute Gasteiger partial charge is 0.404 e. The molecule has 86 valence electrons. The Morgan fingerprint density at radius 1 is 1.43 bits per heavy atom. The molecule has 4 nitrogen and oxygen atoms in total. The van der Waals surface area contributed by atoms with E-state index in [1.807, 2.05) is 0 Å². The summed E-state index contributed by atoms with van der Waals surface area (Å²) in [5.74, 6) is -0.197. The third-order valence-corrected chi connectivity index (χ3v) is 2.97. The quantitative estimate of drug-likeness (QED) is 0.714. The van der Waals surface area contributed by atoms with Gasteiger partial charge in [-0.05, 0) is 6.42 Å². The van der Waals surface area contributed by atoms with Crippen LogP contribution in [0.5, 0.6) is 0 Å². The Hall–Kier alpha value is -0.340. The molecular formula is C6H13F3N2O2S. The van der Waals surface area contributed by atoms with Crippen molar-refractivity contribution >= 4 is 10.0 Å². The zero-order valence-corrected chi connectivity index (χ0v) is 8.45. The van der Waals surface area contributed by atoms with Crippen LogP contribution in [-0.2, 0) is 10.0 Å². The fourth-order valence-corrected chi connectivity index (χ4v) is 1.79. The molecule has 0 aromatic heterocycles.